The number of carbonyl (C=O) groups is 1. The maximum absolute atomic E-state index is 11.0. The van der Waals surface area contributed by atoms with Crippen molar-refractivity contribution in [2.45, 2.75) is 6.10 Å². The molecule has 2 aromatic rings. The second kappa shape index (κ2) is 8.02. The summed E-state index contributed by atoms with van der Waals surface area (Å²) < 4.78 is 5.43. The van der Waals surface area contributed by atoms with Gasteiger partial charge in [0, 0.05) is 9.90 Å². The zero-order valence-electron chi connectivity index (χ0n) is 10.7. The van der Waals surface area contributed by atoms with Gasteiger partial charge in [-0.05, 0) is 29.6 Å². The molecule has 0 saturated carbocycles. The monoisotopic (exact) mass is 343 g/mol. The maximum Gasteiger partial charge on any atom is 0.190 e. The number of rotatable bonds is 7. The van der Waals surface area contributed by atoms with Crippen molar-refractivity contribution < 1.29 is 14.4 Å². The maximum atomic E-state index is 11.0. The third-order valence-corrected chi connectivity index (χ3v) is 3.70. The minimum atomic E-state index is -0.802. The molecule has 0 radical (unpaired) electrons. The van der Waals surface area contributed by atoms with Gasteiger partial charge < -0.3 is 9.57 Å². The summed E-state index contributed by atoms with van der Waals surface area (Å²) in [7, 11) is 0. The molecule has 4 nitrogen and oxygen atoms in total. The Kier molecular flexibility index (Phi) is 6.04. The highest BCUT2D eigenvalue weighted by molar-refractivity contribution is 7.11. The Hall–Kier alpha value is -1.56. The van der Waals surface area contributed by atoms with E-state index in [1.807, 2.05) is 17.5 Å². The molecule has 2 rings (SSSR count). The molecular weight excluding hydrogens is 333 g/mol. The van der Waals surface area contributed by atoms with Crippen LogP contribution in [-0.2, 0) is 9.63 Å². The number of thiophene rings is 1. The Bertz CT molecular complexity index is 617. The van der Waals surface area contributed by atoms with E-state index in [0.717, 1.165) is 4.88 Å². The summed E-state index contributed by atoms with van der Waals surface area (Å²) in [5, 5.41) is 6.53. The lowest BCUT2D eigenvalue weighted by Gasteiger charge is -2.13. The largest absolute Gasteiger partial charge is 0.478 e. The van der Waals surface area contributed by atoms with Crippen LogP contribution in [0.25, 0.3) is 0 Å². The van der Waals surface area contributed by atoms with Crippen LogP contribution in [0, 0.1) is 0 Å². The summed E-state index contributed by atoms with van der Waals surface area (Å²) in [6, 6.07) is 8.57. The van der Waals surface area contributed by atoms with Gasteiger partial charge in [0.15, 0.2) is 19.0 Å². The van der Waals surface area contributed by atoms with Crippen molar-refractivity contribution in [1.82, 2.24) is 0 Å². The van der Waals surface area contributed by atoms with Gasteiger partial charge in [0.25, 0.3) is 0 Å². The van der Waals surface area contributed by atoms with Crippen LogP contribution in [0.3, 0.4) is 0 Å². The molecule has 0 bridgehead atoms. The van der Waals surface area contributed by atoms with Crippen molar-refractivity contribution >= 4 is 47.0 Å². The molecule has 0 saturated heterocycles. The number of ether oxygens (including phenoxy) is 1. The quantitative estimate of drug-likeness (QED) is 0.432. The van der Waals surface area contributed by atoms with Gasteiger partial charge in [-0.3, -0.25) is 4.79 Å². The van der Waals surface area contributed by atoms with Crippen LogP contribution >= 0.6 is 34.5 Å². The number of benzene rings is 1. The lowest BCUT2D eigenvalue weighted by atomic mass is 10.3. The Morgan fingerprint density at radius 1 is 1.33 bits per heavy atom. The molecule has 0 aliphatic carbocycles. The molecule has 7 heteroatoms. The molecule has 1 aromatic carbocycles. The predicted molar refractivity (Wildman–Crippen MR) is 84.8 cm³/mol. The van der Waals surface area contributed by atoms with Crippen LogP contribution in [0.4, 0.5) is 0 Å². The highest BCUT2D eigenvalue weighted by Crippen LogP contribution is 2.28. The second-order valence-electron chi connectivity index (χ2n) is 3.91. The molecule has 0 amide bonds. The third kappa shape index (κ3) is 5.04. The fourth-order valence-corrected chi connectivity index (χ4v) is 2.43. The van der Waals surface area contributed by atoms with Crippen LogP contribution < -0.4 is 4.74 Å². The number of halogens is 2. The van der Waals surface area contributed by atoms with Crippen LogP contribution in [0.15, 0.2) is 40.9 Å². The molecule has 0 aliphatic rings. The zero-order chi connectivity index (χ0) is 15.1. The first-order valence-electron chi connectivity index (χ1n) is 5.95. The minimum Gasteiger partial charge on any atom is -0.478 e. The van der Waals surface area contributed by atoms with Crippen molar-refractivity contribution in [3.63, 3.8) is 0 Å². The number of nitrogens with zero attached hydrogens (tertiary/aromatic N) is 1. The number of carbonyl (C=O) groups excluding carboxylic acids is 1. The van der Waals surface area contributed by atoms with Crippen molar-refractivity contribution in [2.75, 3.05) is 6.61 Å². The lowest BCUT2D eigenvalue weighted by Crippen LogP contribution is -2.23. The lowest BCUT2D eigenvalue weighted by molar-refractivity contribution is -0.116. The molecule has 110 valence electrons. The van der Waals surface area contributed by atoms with Gasteiger partial charge in [0.2, 0.25) is 0 Å². The SMILES string of the molecule is O=CC(CO/N=C/c1cccs1)Oc1ccc(Cl)cc1Cl. The number of aldehydes is 1. The van der Waals surface area contributed by atoms with Gasteiger partial charge in [0.05, 0.1) is 11.2 Å². The summed E-state index contributed by atoms with van der Waals surface area (Å²) in [6.45, 7) is -0.00959. The molecule has 0 aliphatic heterocycles. The van der Waals surface area contributed by atoms with E-state index in [2.05, 4.69) is 5.16 Å². The molecule has 1 heterocycles. The van der Waals surface area contributed by atoms with Gasteiger partial charge in [-0.15, -0.1) is 11.3 Å². The first-order valence-corrected chi connectivity index (χ1v) is 7.58. The smallest absolute Gasteiger partial charge is 0.190 e. The highest BCUT2D eigenvalue weighted by Gasteiger charge is 2.12. The fraction of sp³-hybridized carbons (Fsp3) is 0.143. The molecular formula is C14H11Cl2NO3S. The van der Waals surface area contributed by atoms with E-state index < -0.39 is 6.10 Å². The van der Waals surface area contributed by atoms with Crippen LogP contribution in [-0.4, -0.2) is 25.2 Å². The number of hydrogen-bond acceptors (Lipinski definition) is 5. The van der Waals surface area contributed by atoms with Crippen LogP contribution in [0.2, 0.25) is 10.0 Å². The van der Waals surface area contributed by atoms with E-state index in [1.165, 1.54) is 17.4 Å². The fourth-order valence-electron chi connectivity index (χ4n) is 1.41. The van der Waals surface area contributed by atoms with Gasteiger partial charge in [0.1, 0.15) is 5.75 Å². The Balaban J connectivity index is 1.86. The average Bonchev–Trinajstić information content (AvgIpc) is 2.97. The van der Waals surface area contributed by atoms with Crippen molar-refractivity contribution in [1.29, 1.82) is 0 Å². The summed E-state index contributed by atoms with van der Waals surface area (Å²) in [4.78, 5) is 17.0. The van der Waals surface area contributed by atoms with E-state index in [0.29, 0.717) is 22.1 Å². The van der Waals surface area contributed by atoms with Crippen LogP contribution in [0.5, 0.6) is 5.75 Å². The molecule has 1 unspecified atom stereocenters. The summed E-state index contributed by atoms with van der Waals surface area (Å²) in [5.41, 5.74) is 0. The van der Waals surface area contributed by atoms with Crippen LogP contribution in [0.1, 0.15) is 4.88 Å². The summed E-state index contributed by atoms with van der Waals surface area (Å²) >= 11 is 13.3. The Labute approximate surface area is 135 Å². The molecule has 0 fully saturated rings. The molecule has 1 atom stereocenters. The number of oxime groups is 1. The van der Waals surface area contributed by atoms with Crippen molar-refractivity contribution in [3.8, 4) is 5.75 Å². The van der Waals surface area contributed by atoms with E-state index in [-0.39, 0.29) is 6.61 Å². The molecule has 0 N–H and O–H groups in total. The first-order chi connectivity index (χ1) is 10.2. The molecule has 0 spiro atoms. The summed E-state index contributed by atoms with van der Waals surface area (Å²) in [5.74, 6) is 0.365. The standard InChI is InChI=1S/C14H11Cl2NO3S/c15-10-3-4-14(13(16)6-10)20-11(8-18)9-19-17-7-12-2-1-5-21-12/h1-8,11H,9H2/b17-7+. The Morgan fingerprint density at radius 2 is 2.19 bits per heavy atom. The van der Waals surface area contributed by atoms with Crippen molar-refractivity contribution in [2.24, 2.45) is 5.16 Å². The van der Waals surface area contributed by atoms with Gasteiger partial charge in [-0.2, -0.15) is 0 Å². The van der Waals surface area contributed by atoms with E-state index in [9.17, 15) is 4.79 Å². The minimum absolute atomic E-state index is 0.00959. The predicted octanol–water partition coefficient (Wildman–Crippen LogP) is 4.05. The third-order valence-electron chi connectivity index (χ3n) is 2.36. The normalized spacial score (nSPS) is 12.3. The number of hydrogen-bond donors (Lipinski definition) is 0. The Morgan fingerprint density at radius 3 is 2.86 bits per heavy atom. The van der Waals surface area contributed by atoms with Gasteiger partial charge in [-0.25, -0.2) is 0 Å². The zero-order valence-corrected chi connectivity index (χ0v) is 13.1. The molecule has 1 aromatic heterocycles. The van der Waals surface area contributed by atoms with Gasteiger partial charge >= 0.3 is 0 Å². The highest BCUT2D eigenvalue weighted by atomic mass is 35.5. The summed E-state index contributed by atoms with van der Waals surface area (Å²) in [6.07, 6.45) is 1.40. The van der Waals surface area contributed by atoms with E-state index in [1.54, 1.807) is 18.3 Å². The average molecular weight is 344 g/mol. The first kappa shape index (κ1) is 15.8. The van der Waals surface area contributed by atoms with E-state index in [4.69, 9.17) is 32.8 Å². The second-order valence-corrected chi connectivity index (χ2v) is 5.74. The van der Waals surface area contributed by atoms with Gasteiger partial charge in [-0.1, -0.05) is 34.4 Å². The van der Waals surface area contributed by atoms with Crippen molar-refractivity contribution in [3.05, 3.63) is 50.6 Å². The molecule has 21 heavy (non-hydrogen) atoms. The topological polar surface area (TPSA) is 47.9 Å². The van der Waals surface area contributed by atoms with E-state index >= 15 is 0 Å².